The summed E-state index contributed by atoms with van der Waals surface area (Å²) in [4.78, 5) is 27.8. The van der Waals surface area contributed by atoms with Gasteiger partial charge < -0.3 is 16.4 Å². The Bertz CT molecular complexity index is 1070. The summed E-state index contributed by atoms with van der Waals surface area (Å²) < 4.78 is 26.5. The fourth-order valence-electron chi connectivity index (χ4n) is 6.62. The van der Waals surface area contributed by atoms with Crippen LogP contribution in [0.1, 0.15) is 76.7 Å². The molecule has 1 aromatic carbocycles. The number of likely N-dealkylation sites (tertiary alicyclic amines) is 1. The molecule has 1 saturated heterocycles. The normalized spacial score (nSPS) is 22.8. The van der Waals surface area contributed by atoms with Crippen molar-refractivity contribution in [1.29, 1.82) is 0 Å². The molecule has 1 saturated carbocycles. The standard InChI is InChI=1S/C27H42N4O4S/c1-26(29,25(28)33)22(13-8-11-20-9-4-3-5-10-20)24(32)30-17-15-27(16-18-30)19-31(36(2,34)35)23-14-7-6-12-21(23)27/h6-7,12,14,20,22H,3-5,8-11,13,15-19,29H2,1-2H3,(H2,28,33)/t22?,26-/m1/s1. The zero-order valence-electron chi connectivity index (χ0n) is 21.7. The third kappa shape index (κ3) is 5.28. The number of benzene rings is 1. The lowest BCUT2D eigenvalue weighted by molar-refractivity contribution is -0.143. The molecule has 8 nitrogen and oxygen atoms in total. The first-order valence-corrected chi connectivity index (χ1v) is 15.3. The van der Waals surface area contributed by atoms with Crippen molar-refractivity contribution < 1.29 is 18.0 Å². The summed E-state index contributed by atoms with van der Waals surface area (Å²) in [7, 11) is -3.40. The van der Waals surface area contributed by atoms with Crippen LogP contribution in [0.5, 0.6) is 0 Å². The predicted molar refractivity (Wildman–Crippen MR) is 142 cm³/mol. The van der Waals surface area contributed by atoms with Gasteiger partial charge in [0.2, 0.25) is 21.8 Å². The molecule has 4 N–H and O–H groups in total. The number of sulfonamides is 1. The molecule has 36 heavy (non-hydrogen) atoms. The summed E-state index contributed by atoms with van der Waals surface area (Å²) in [5, 5.41) is 0. The van der Waals surface area contributed by atoms with Gasteiger partial charge in [0.25, 0.3) is 0 Å². The molecular weight excluding hydrogens is 476 g/mol. The van der Waals surface area contributed by atoms with Crippen molar-refractivity contribution in [2.24, 2.45) is 23.3 Å². The Kier molecular flexibility index (Phi) is 7.72. The van der Waals surface area contributed by atoms with Crippen LogP contribution < -0.4 is 15.8 Å². The maximum Gasteiger partial charge on any atom is 0.238 e. The van der Waals surface area contributed by atoms with Crippen molar-refractivity contribution in [2.45, 2.75) is 82.1 Å². The number of amides is 2. The van der Waals surface area contributed by atoms with Crippen LogP contribution in [0.15, 0.2) is 24.3 Å². The highest BCUT2D eigenvalue weighted by Crippen LogP contribution is 2.48. The second-order valence-corrected chi connectivity index (χ2v) is 13.4. The van der Waals surface area contributed by atoms with E-state index in [0.29, 0.717) is 44.8 Å². The quantitative estimate of drug-likeness (QED) is 0.547. The summed E-state index contributed by atoms with van der Waals surface area (Å²) in [6.07, 6.45) is 11.4. The van der Waals surface area contributed by atoms with E-state index in [1.807, 2.05) is 29.2 Å². The maximum absolute atomic E-state index is 13.7. The molecule has 2 atom stereocenters. The van der Waals surface area contributed by atoms with Crippen LogP contribution in [0.2, 0.25) is 0 Å². The number of primary amides is 1. The number of hydrogen-bond acceptors (Lipinski definition) is 5. The molecule has 2 fully saturated rings. The Balaban J connectivity index is 1.46. The zero-order chi connectivity index (χ0) is 26.1. The molecule has 3 aliphatic rings. The number of rotatable bonds is 8. The Labute approximate surface area is 215 Å². The van der Waals surface area contributed by atoms with Gasteiger partial charge in [0.15, 0.2) is 0 Å². The minimum absolute atomic E-state index is 0.108. The molecule has 1 unspecified atom stereocenters. The Hall–Kier alpha value is -2.13. The van der Waals surface area contributed by atoms with E-state index in [2.05, 4.69) is 0 Å². The number of carbonyl (C=O) groups is 2. The minimum atomic E-state index is -3.40. The van der Waals surface area contributed by atoms with E-state index in [0.717, 1.165) is 24.1 Å². The highest BCUT2D eigenvalue weighted by Gasteiger charge is 2.49. The predicted octanol–water partition coefficient (Wildman–Crippen LogP) is 2.90. The lowest BCUT2D eigenvalue weighted by atomic mass is 9.73. The smallest absolute Gasteiger partial charge is 0.238 e. The molecule has 4 rings (SSSR count). The van der Waals surface area contributed by atoms with E-state index >= 15 is 0 Å². The Morgan fingerprint density at radius 3 is 2.39 bits per heavy atom. The molecule has 9 heteroatoms. The Morgan fingerprint density at radius 1 is 1.14 bits per heavy atom. The third-order valence-corrected chi connectivity index (χ3v) is 10.1. The maximum atomic E-state index is 13.7. The monoisotopic (exact) mass is 518 g/mol. The van der Waals surface area contributed by atoms with Crippen molar-refractivity contribution >= 4 is 27.5 Å². The first kappa shape index (κ1) is 26.9. The second kappa shape index (κ2) is 10.3. The molecule has 1 spiro atoms. The van der Waals surface area contributed by atoms with Crippen LogP contribution in [0.25, 0.3) is 0 Å². The fourth-order valence-corrected chi connectivity index (χ4v) is 7.62. The average molecular weight is 519 g/mol. The number of nitrogens with zero attached hydrogens (tertiary/aromatic N) is 2. The summed E-state index contributed by atoms with van der Waals surface area (Å²) in [5.74, 6) is -0.720. The molecular formula is C27H42N4O4S. The zero-order valence-corrected chi connectivity index (χ0v) is 22.6. The number of para-hydroxylation sites is 1. The molecule has 0 aromatic heterocycles. The summed E-state index contributed by atoms with van der Waals surface area (Å²) in [6, 6.07) is 7.67. The second-order valence-electron chi connectivity index (χ2n) is 11.5. The SMILES string of the molecule is C[C@](N)(C(N)=O)C(CCCC1CCCCC1)C(=O)N1CCC2(CC1)CN(S(C)(=O)=O)c1ccccc12. The van der Waals surface area contributed by atoms with Crippen molar-refractivity contribution in [3.8, 4) is 0 Å². The van der Waals surface area contributed by atoms with E-state index in [9.17, 15) is 18.0 Å². The van der Waals surface area contributed by atoms with Gasteiger partial charge in [0, 0.05) is 25.0 Å². The molecule has 0 bridgehead atoms. The van der Waals surface area contributed by atoms with E-state index in [1.165, 1.54) is 42.7 Å². The largest absolute Gasteiger partial charge is 0.368 e. The van der Waals surface area contributed by atoms with Crippen LogP contribution in [-0.4, -0.2) is 56.6 Å². The highest BCUT2D eigenvalue weighted by molar-refractivity contribution is 7.92. The lowest BCUT2D eigenvalue weighted by Crippen LogP contribution is -2.60. The molecule has 2 aliphatic heterocycles. The van der Waals surface area contributed by atoms with Gasteiger partial charge in [-0.3, -0.25) is 13.9 Å². The van der Waals surface area contributed by atoms with Gasteiger partial charge in [-0.05, 0) is 43.7 Å². The van der Waals surface area contributed by atoms with Gasteiger partial charge in [0.1, 0.15) is 5.54 Å². The van der Waals surface area contributed by atoms with Gasteiger partial charge in [-0.2, -0.15) is 0 Å². The number of nitrogens with two attached hydrogens (primary N) is 2. The first-order chi connectivity index (χ1) is 17.0. The van der Waals surface area contributed by atoms with Gasteiger partial charge in [-0.25, -0.2) is 8.42 Å². The third-order valence-electron chi connectivity index (χ3n) is 9.01. The van der Waals surface area contributed by atoms with Crippen molar-refractivity contribution in [1.82, 2.24) is 4.90 Å². The van der Waals surface area contributed by atoms with Crippen LogP contribution in [0.4, 0.5) is 5.69 Å². The molecule has 1 aromatic rings. The average Bonchev–Trinajstić information content (AvgIpc) is 3.17. The van der Waals surface area contributed by atoms with Crippen molar-refractivity contribution in [3.63, 3.8) is 0 Å². The van der Waals surface area contributed by atoms with Gasteiger partial charge in [0.05, 0.1) is 17.9 Å². The summed E-state index contributed by atoms with van der Waals surface area (Å²) in [5.41, 5.74) is 12.1. The van der Waals surface area contributed by atoms with E-state index in [4.69, 9.17) is 11.5 Å². The van der Waals surface area contributed by atoms with Gasteiger partial charge >= 0.3 is 0 Å². The number of hydrogen-bond donors (Lipinski definition) is 2. The van der Waals surface area contributed by atoms with Crippen LogP contribution in [0, 0.1) is 11.8 Å². The number of carbonyl (C=O) groups excluding carboxylic acids is 2. The topological polar surface area (TPSA) is 127 Å². The summed E-state index contributed by atoms with van der Waals surface area (Å²) >= 11 is 0. The lowest BCUT2D eigenvalue weighted by Gasteiger charge is -2.42. The van der Waals surface area contributed by atoms with E-state index < -0.39 is 27.4 Å². The van der Waals surface area contributed by atoms with E-state index in [1.54, 1.807) is 6.92 Å². The van der Waals surface area contributed by atoms with Crippen LogP contribution >= 0.6 is 0 Å². The molecule has 1 aliphatic carbocycles. The number of anilines is 1. The van der Waals surface area contributed by atoms with Gasteiger partial charge in [-0.15, -0.1) is 0 Å². The van der Waals surface area contributed by atoms with Gasteiger partial charge in [-0.1, -0.05) is 63.1 Å². The Morgan fingerprint density at radius 2 is 1.78 bits per heavy atom. The molecule has 200 valence electrons. The van der Waals surface area contributed by atoms with Crippen molar-refractivity contribution in [2.75, 3.05) is 30.2 Å². The van der Waals surface area contributed by atoms with Crippen LogP contribution in [0.3, 0.4) is 0 Å². The molecule has 2 heterocycles. The van der Waals surface area contributed by atoms with E-state index in [-0.39, 0.29) is 11.3 Å². The molecule has 2 amide bonds. The fraction of sp³-hybridized carbons (Fsp3) is 0.704. The minimum Gasteiger partial charge on any atom is -0.368 e. The highest BCUT2D eigenvalue weighted by atomic mass is 32.2. The molecule has 0 radical (unpaired) electrons. The number of piperidine rings is 1. The summed E-state index contributed by atoms with van der Waals surface area (Å²) in [6.45, 7) is 2.98. The van der Waals surface area contributed by atoms with Crippen molar-refractivity contribution in [3.05, 3.63) is 29.8 Å². The first-order valence-electron chi connectivity index (χ1n) is 13.4. The van der Waals surface area contributed by atoms with Crippen LogP contribution in [-0.2, 0) is 25.0 Å². The number of fused-ring (bicyclic) bond motifs is 2.